The molecule has 3 rings (SSSR count). The van der Waals surface area contributed by atoms with Crippen molar-refractivity contribution in [3.8, 4) is 11.3 Å². The fourth-order valence-electron chi connectivity index (χ4n) is 3.29. The zero-order chi connectivity index (χ0) is 20.6. The van der Waals surface area contributed by atoms with Crippen molar-refractivity contribution in [2.45, 2.75) is 32.7 Å². The molecular formula is C21H26N4O4. The summed E-state index contributed by atoms with van der Waals surface area (Å²) in [6.45, 7) is 3.58. The third-order valence-electron chi connectivity index (χ3n) is 4.78. The molecule has 29 heavy (non-hydrogen) atoms. The van der Waals surface area contributed by atoms with Crippen LogP contribution in [-0.4, -0.2) is 47.9 Å². The second-order valence-electron chi connectivity index (χ2n) is 6.89. The summed E-state index contributed by atoms with van der Waals surface area (Å²) in [5.74, 6) is -1.01. The molecule has 0 aliphatic carbocycles. The van der Waals surface area contributed by atoms with E-state index in [1.807, 2.05) is 12.1 Å². The Morgan fingerprint density at radius 2 is 1.79 bits per heavy atom. The van der Waals surface area contributed by atoms with E-state index in [0.29, 0.717) is 5.69 Å². The minimum Gasteiger partial charge on any atom is -0.465 e. The number of nitrogens with one attached hydrogen (secondary N) is 1. The Morgan fingerprint density at radius 3 is 2.48 bits per heavy atom. The van der Waals surface area contributed by atoms with Crippen molar-refractivity contribution >= 4 is 17.6 Å². The lowest BCUT2D eigenvalue weighted by atomic mass is 10.1. The molecule has 0 unspecified atom stereocenters. The van der Waals surface area contributed by atoms with Gasteiger partial charge in [-0.1, -0.05) is 12.1 Å². The monoisotopic (exact) mass is 398 g/mol. The highest BCUT2D eigenvalue weighted by molar-refractivity contribution is 5.81. The molecule has 1 amide bonds. The van der Waals surface area contributed by atoms with Gasteiger partial charge in [0.25, 0.3) is 5.56 Å². The average Bonchev–Trinajstić information content (AvgIpc) is 2.75. The van der Waals surface area contributed by atoms with Gasteiger partial charge in [-0.05, 0) is 44.4 Å². The Labute approximate surface area is 169 Å². The molecule has 2 heterocycles. The van der Waals surface area contributed by atoms with Crippen molar-refractivity contribution < 1.29 is 14.3 Å². The quantitative estimate of drug-likeness (QED) is 0.712. The topological polar surface area (TPSA) is 93.5 Å². The van der Waals surface area contributed by atoms with Crippen LogP contribution in [0.1, 0.15) is 26.2 Å². The minimum atomic E-state index is -0.524. The molecule has 0 radical (unpaired) electrons. The summed E-state index contributed by atoms with van der Waals surface area (Å²) >= 11 is 0. The molecule has 2 aromatic rings. The lowest BCUT2D eigenvalue weighted by Gasteiger charge is -2.28. The number of carbonyl (C=O) groups is 2. The predicted molar refractivity (Wildman–Crippen MR) is 110 cm³/mol. The van der Waals surface area contributed by atoms with Gasteiger partial charge in [0.05, 0.1) is 12.3 Å². The van der Waals surface area contributed by atoms with Gasteiger partial charge in [0.1, 0.15) is 13.1 Å². The molecular weight excluding hydrogens is 372 g/mol. The van der Waals surface area contributed by atoms with Crippen LogP contribution in [0, 0.1) is 0 Å². The molecule has 154 valence electrons. The van der Waals surface area contributed by atoms with Gasteiger partial charge in [0.15, 0.2) is 0 Å². The van der Waals surface area contributed by atoms with Crippen molar-refractivity contribution in [3.05, 3.63) is 46.8 Å². The molecule has 8 heteroatoms. The van der Waals surface area contributed by atoms with Crippen molar-refractivity contribution in [1.29, 1.82) is 0 Å². The summed E-state index contributed by atoms with van der Waals surface area (Å²) in [6.07, 6.45) is 3.71. The van der Waals surface area contributed by atoms with Crippen molar-refractivity contribution in [2.75, 3.05) is 31.1 Å². The molecule has 0 atom stereocenters. The van der Waals surface area contributed by atoms with E-state index in [1.165, 1.54) is 31.0 Å². The average molecular weight is 398 g/mol. The Hall–Kier alpha value is -3.16. The second kappa shape index (κ2) is 9.86. The van der Waals surface area contributed by atoms with Crippen LogP contribution in [0.3, 0.4) is 0 Å². The summed E-state index contributed by atoms with van der Waals surface area (Å²) in [4.78, 5) is 37.8. The fourth-order valence-corrected chi connectivity index (χ4v) is 3.29. The standard InChI is InChI=1S/C21H26N4O4/c1-2-29-21(28)14-22-19(26)15-25-20(27)11-10-18(23-25)16-6-8-17(9-7-16)24-12-4-3-5-13-24/h6-11H,2-5,12-15H2,1H3,(H,22,26). The molecule has 1 aromatic heterocycles. The molecule has 8 nitrogen and oxygen atoms in total. The molecule has 1 aromatic carbocycles. The number of hydrogen-bond acceptors (Lipinski definition) is 6. The number of amides is 1. The van der Waals surface area contributed by atoms with E-state index in [9.17, 15) is 14.4 Å². The molecule has 1 N–H and O–H groups in total. The number of piperidine rings is 1. The largest absolute Gasteiger partial charge is 0.465 e. The predicted octanol–water partition coefficient (Wildman–Crippen LogP) is 1.58. The normalized spacial score (nSPS) is 13.8. The van der Waals surface area contributed by atoms with E-state index < -0.39 is 11.9 Å². The highest BCUT2D eigenvalue weighted by Crippen LogP contribution is 2.23. The summed E-state index contributed by atoms with van der Waals surface area (Å²) in [7, 11) is 0. The lowest BCUT2D eigenvalue weighted by molar-refractivity contribution is -0.143. The Balaban J connectivity index is 1.67. The Morgan fingerprint density at radius 1 is 1.07 bits per heavy atom. The van der Waals surface area contributed by atoms with E-state index in [1.54, 1.807) is 13.0 Å². The molecule has 0 spiro atoms. The number of hydrogen-bond donors (Lipinski definition) is 1. The maximum Gasteiger partial charge on any atom is 0.325 e. The van der Waals surface area contributed by atoms with Gasteiger partial charge in [-0.15, -0.1) is 0 Å². The maximum atomic E-state index is 12.1. The first-order valence-corrected chi connectivity index (χ1v) is 9.92. The van der Waals surface area contributed by atoms with Crippen LogP contribution in [0.25, 0.3) is 11.3 Å². The number of carbonyl (C=O) groups excluding carboxylic acids is 2. The van der Waals surface area contributed by atoms with Crippen LogP contribution < -0.4 is 15.8 Å². The summed E-state index contributed by atoms with van der Waals surface area (Å²) < 4.78 is 5.85. The van der Waals surface area contributed by atoms with Gasteiger partial charge in [-0.25, -0.2) is 4.68 Å². The van der Waals surface area contributed by atoms with Crippen LogP contribution in [0.2, 0.25) is 0 Å². The van der Waals surface area contributed by atoms with Gasteiger partial charge >= 0.3 is 5.97 Å². The van der Waals surface area contributed by atoms with Crippen LogP contribution in [-0.2, 0) is 20.9 Å². The first-order valence-electron chi connectivity index (χ1n) is 9.92. The second-order valence-corrected chi connectivity index (χ2v) is 6.89. The molecule has 1 aliphatic rings. The van der Waals surface area contributed by atoms with E-state index >= 15 is 0 Å². The highest BCUT2D eigenvalue weighted by Gasteiger charge is 2.12. The number of esters is 1. The summed E-state index contributed by atoms with van der Waals surface area (Å²) in [6, 6.07) is 11.1. The summed E-state index contributed by atoms with van der Waals surface area (Å²) in [5.41, 5.74) is 2.27. The van der Waals surface area contributed by atoms with Crippen LogP contribution in [0.15, 0.2) is 41.2 Å². The molecule has 1 fully saturated rings. The number of benzene rings is 1. The van der Waals surface area contributed by atoms with Crippen LogP contribution in [0.5, 0.6) is 0 Å². The Bertz CT molecular complexity index is 902. The third-order valence-corrected chi connectivity index (χ3v) is 4.78. The number of anilines is 1. The number of nitrogens with zero attached hydrogens (tertiary/aromatic N) is 3. The summed E-state index contributed by atoms with van der Waals surface area (Å²) in [5, 5.41) is 6.73. The van der Waals surface area contributed by atoms with Crippen LogP contribution in [0.4, 0.5) is 5.69 Å². The van der Waals surface area contributed by atoms with Gasteiger partial charge in [0, 0.05) is 30.4 Å². The fraction of sp³-hybridized carbons (Fsp3) is 0.429. The molecule has 1 saturated heterocycles. The minimum absolute atomic E-state index is 0.237. The number of aromatic nitrogens is 2. The van der Waals surface area contributed by atoms with Gasteiger partial charge in [-0.2, -0.15) is 5.10 Å². The Kier molecular flexibility index (Phi) is 6.99. The van der Waals surface area contributed by atoms with Crippen molar-refractivity contribution in [2.24, 2.45) is 0 Å². The van der Waals surface area contributed by atoms with Crippen molar-refractivity contribution in [1.82, 2.24) is 15.1 Å². The zero-order valence-corrected chi connectivity index (χ0v) is 16.6. The van der Waals surface area contributed by atoms with Gasteiger partial charge in [-0.3, -0.25) is 14.4 Å². The van der Waals surface area contributed by atoms with Gasteiger partial charge < -0.3 is 15.0 Å². The van der Waals surface area contributed by atoms with E-state index in [4.69, 9.17) is 4.74 Å². The van der Waals surface area contributed by atoms with E-state index in [0.717, 1.165) is 23.3 Å². The molecule has 1 aliphatic heterocycles. The first-order chi connectivity index (χ1) is 14.1. The van der Waals surface area contributed by atoms with Gasteiger partial charge in [0.2, 0.25) is 5.91 Å². The van der Waals surface area contributed by atoms with Crippen molar-refractivity contribution in [3.63, 3.8) is 0 Å². The number of ether oxygens (including phenoxy) is 1. The smallest absolute Gasteiger partial charge is 0.325 e. The molecule has 0 bridgehead atoms. The third kappa shape index (κ3) is 5.66. The van der Waals surface area contributed by atoms with E-state index in [-0.39, 0.29) is 25.3 Å². The zero-order valence-electron chi connectivity index (χ0n) is 16.6. The van der Waals surface area contributed by atoms with Crippen LogP contribution >= 0.6 is 0 Å². The first kappa shape index (κ1) is 20.6. The number of rotatable bonds is 7. The SMILES string of the molecule is CCOC(=O)CNC(=O)Cn1nc(-c2ccc(N3CCCCC3)cc2)ccc1=O. The maximum absolute atomic E-state index is 12.1. The highest BCUT2D eigenvalue weighted by atomic mass is 16.5. The van der Waals surface area contributed by atoms with E-state index in [2.05, 4.69) is 27.4 Å². The molecule has 0 saturated carbocycles. The lowest BCUT2D eigenvalue weighted by Crippen LogP contribution is -2.36.